The van der Waals surface area contributed by atoms with E-state index in [1.165, 1.54) is 0 Å². The van der Waals surface area contributed by atoms with Crippen LogP contribution in [0.5, 0.6) is 0 Å². The highest BCUT2D eigenvalue weighted by Gasteiger charge is 2.34. The third kappa shape index (κ3) is 0.824. The van der Waals surface area contributed by atoms with Crippen molar-refractivity contribution in [3.8, 4) is 0 Å². The lowest BCUT2D eigenvalue weighted by Crippen LogP contribution is -2.51. The molecule has 1 aliphatic rings. The molecule has 0 spiro atoms. The molecule has 0 radical (unpaired) electrons. The average molecular weight is 151 g/mol. The number of rotatable bonds is 1. The van der Waals surface area contributed by atoms with Crippen molar-refractivity contribution in [3.63, 3.8) is 0 Å². The van der Waals surface area contributed by atoms with E-state index in [1.54, 1.807) is 17.2 Å². The van der Waals surface area contributed by atoms with Gasteiger partial charge in [0.2, 0.25) is 5.91 Å². The number of aromatic nitrogens is 2. The van der Waals surface area contributed by atoms with Gasteiger partial charge in [-0.15, -0.1) is 0 Å². The summed E-state index contributed by atoms with van der Waals surface area (Å²) in [6.07, 6.45) is 1.64. The standard InChI is InChI=1S/C7H9N3O/c1-5-4-10(7(5)11)6-2-3-8-9-6/h2-3,5H,4H2,1H3,(H,8,9). The van der Waals surface area contributed by atoms with Gasteiger partial charge in [-0.2, -0.15) is 5.10 Å². The highest BCUT2D eigenvalue weighted by atomic mass is 16.2. The highest BCUT2D eigenvalue weighted by molar-refractivity contribution is 6.00. The summed E-state index contributed by atoms with van der Waals surface area (Å²) < 4.78 is 0. The van der Waals surface area contributed by atoms with Crippen LogP contribution in [0.2, 0.25) is 0 Å². The van der Waals surface area contributed by atoms with E-state index in [4.69, 9.17) is 0 Å². The molecule has 0 saturated carbocycles. The molecule has 2 heterocycles. The van der Waals surface area contributed by atoms with Gasteiger partial charge in [0.15, 0.2) is 0 Å². The summed E-state index contributed by atoms with van der Waals surface area (Å²) in [6, 6.07) is 1.80. The van der Waals surface area contributed by atoms with E-state index in [-0.39, 0.29) is 11.8 Å². The lowest BCUT2D eigenvalue weighted by atomic mass is 10.0. The predicted octanol–water partition coefficient (Wildman–Crippen LogP) is 0.392. The molecule has 0 aliphatic carbocycles. The lowest BCUT2D eigenvalue weighted by molar-refractivity contribution is -0.126. The summed E-state index contributed by atoms with van der Waals surface area (Å²) in [5, 5.41) is 6.51. The first-order chi connectivity index (χ1) is 5.29. The van der Waals surface area contributed by atoms with Crippen LogP contribution in [0, 0.1) is 5.92 Å². The topological polar surface area (TPSA) is 49.0 Å². The number of hydrogen-bond donors (Lipinski definition) is 1. The van der Waals surface area contributed by atoms with Crippen molar-refractivity contribution in [2.24, 2.45) is 5.92 Å². The van der Waals surface area contributed by atoms with Crippen molar-refractivity contribution in [1.82, 2.24) is 10.2 Å². The number of hydrogen-bond acceptors (Lipinski definition) is 2. The Balaban J connectivity index is 2.16. The van der Waals surface area contributed by atoms with Crippen LogP contribution >= 0.6 is 0 Å². The molecule has 1 aromatic heterocycles. The molecule has 1 unspecified atom stereocenters. The Bertz CT molecular complexity index is 267. The SMILES string of the molecule is CC1CN(c2ccn[nH]2)C1=O. The van der Waals surface area contributed by atoms with Crippen LogP contribution in [0.25, 0.3) is 0 Å². The minimum Gasteiger partial charge on any atom is -0.296 e. The van der Waals surface area contributed by atoms with E-state index in [9.17, 15) is 4.79 Å². The Labute approximate surface area is 64.2 Å². The summed E-state index contributed by atoms with van der Waals surface area (Å²) in [4.78, 5) is 12.8. The van der Waals surface area contributed by atoms with Crippen LogP contribution in [0.1, 0.15) is 6.92 Å². The molecule has 4 heteroatoms. The van der Waals surface area contributed by atoms with Crippen LogP contribution < -0.4 is 4.90 Å². The second-order valence-corrected chi connectivity index (χ2v) is 2.79. The van der Waals surface area contributed by atoms with Crippen molar-refractivity contribution in [2.75, 3.05) is 11.4 Å². The number of anilines is 1. The molecular formula is C7H9N3O. The van der Waals surface area contributed by atoms with Crippen LogP contribution in [0.3, 0.4) is 0 Å². The first-order valence-electron chi connectivity index (χ1n) is 3.60. The maximum Gasteiger partial charge on any atom is 0.232 e. The third-order valence-electron chi connectivity index (χ3n) is 1.92. The number of aromatic amines is 1. The van der Waals surface area contributed by atoms with E-state index in [1.807, 2.05) is 6.92 Å². The molecule has 4 nitrogen and oxygen atoms in total. The molecule has 1 aromatic rings. The van der Waals surface area contributed by atoms with Gasteiger partial charge in [-0.1, -0.05) is 6.92 Å². The number of H-pyrrole nitrogens is 1. The van der Waals surface area contributed by atoms with E-state index in [0.717, 1.165) is 12.4 Å². The first-order valence-corrected chi connectivity index (χ1v) is 3.60. The molecule has 1 amide bonds. The predicted molar refractivity (Wildman–Crippen MR) is 40.1 cm³/mol. The first kappa shape index (κ1) is 6.39. The molecule has 0 aromatic carbocycles. The van der Waals surface area contributed by atoms with E-state index >= 15 is 0 Å². The van der Waals surface area contributed by atoms with Gasteiger partial charge in [0, 0.05) is 12.6 Å². The fourth-order valence-corrected chi connectivity index (χ4v) is 1.21. The average Bonchev–Trinajstić information content (AvgIpc) is 2.51. The van der Waals surface area contributed by atoms with Crippen LogP contribution in [0.4, 0.5) is 5.82 Å². The summed E-state index contributed by atoms with van der Waals surface area (Å²) >= 11 is 0. The van der Waals surface area contributed by atoms with Crippen LogP contribution in [0.15, 0.2) is 12.3 Å². The van der Waals surface area contributed by atoms with Crippen LogP contribution in [-0.4, -0.2) is 22.6 Å². The summed E-state index contributed by atoms with van der Waals surface area (Å²) in [7, 11) is 0. The maximum absolute atomic E-state index is 11.1. The zero-order valence-corrected chi connectivity index (χ0v) is 6.24. The minimum absolute atomic E-state index is 0.175. The molecule has 1 fully saturated rings. The van der Waals surface area contributed by atoms with Gasteiger partial charge >= 0.3 is 0 Å². The van der Waals surface area contributed by atoms with Crippen molar-refractivity contribution in [3.05, 3.63) is 12.3 Å². The number of nitrogens with one attached hydrogen (secondary N) is 1. The molecule has 0 bridgehead atoms. The number of carbonyl (C=O) groups is 1. The molecular weight excluding hydrogens is 142 g/mol. The van der Waals surface area contributed by atoms with Gasteiger partial charge in [0.05, 0.1) is 12.1 Å². The number of carbonyl (C=O) groups excluding carboxylic acids is 1. The Kier molecular flexibility index (Phi) is 1.21. The Morgan fingerprint density at radius 2 is 2.64 bits per heavy atom. The molecule has 2 rings (SSSR count). The molecule has 1 aliphatic heterocycles. The fourth-order valence-electron chi connectivity index (χ4n) is 1.21. The lowest BCUT2D eigenvalue weighted by Gasteiger charge is -2.34. The van der Waals surface area contributed by atoms with Gasteiger partial charge < -0.3 is 0 Å². The Morgan fingerprint density at radius 1 is 1.82 bits per heavy atom. The molecule has 58 valence electrons. The Morgan fingerprint density at radius 3 is 3.09 bits per heavy atom. The van der Waals surface area contributed by atoms with Gasteiger partial charge in [0.1, 0.15) is 5.82 Å². The van der Waals surface area contributed by atoms with E-state index < -0.39 is 0 Å². The summed E-state index contributed by atoms with van der Waals surface area (Å²) in [6.45, 7) is 2.73. The summed E-state index contributed by atoms with van der Waals surface area (Å²) in [5.41, 5.74) is 0. The molecule has 1 N–H and O–H groups in total. The monoisotopic (exact) mass is 151 g/mol. The zero-order chi connectivity index (χ0) is 7.84. The van der Waals surface area contributed by atoms with Crippen LogP contribution in [-0.2, 0) is 4.79 Å². The second kappa shape index (κ2) is 2.08. The zero-order valence-electron chi connectivity index (χ0n) is 6.24. The molecule has 11 heavy (non-hydrogen) atoms. The highest BCUT2D eigenvalue weighted by Crippen LogP contribution is 2.22. The van der Waals surface area contributed by atoms with Gasteiger partial charge in [-0.05, 0) is 0 Å². The third-order valence-corrected chi connectivity index (χ3v) is 1.92. The normalized spacial score (nSPS) is 23.5. The minimum atomic E-state index is 0.175. The van der Waals surface area contributed by atoms with Gasteiger partial charge in [-0.3, -0.25) is 14.8 Å². The quantitative estimate of drug-likeness (QED) is 0.590. The largest absolute Gasteiger partial charge is 0.296 e. The smallest absolute Gasteiger partial charge is 0.232 e. The molecule has 1 atom stereocenters. The molecule has 1 saturated heterocycles. The number of nitrogens with zero attached hydrogens (tertiary/aromatic N) is 2. The van der Waals surface area contributed by atoms with Crippen molar-refractivity contribution < 1.29 is 4.79 Å². The van der Waals surface area contributed by atoms with Crippen molar-refractivity contribution in [2.45, 2.75) is 6.92 Å². The van der Waals surface area contributed by atoms with E-state index in [2.05, 4.69) is 10.2 Å². The Hall–Kier alpha value is -1.32. The number of β-lactam (4-membered cyclic amide) rings is 1. The van der Waals surface area contributed by atoms with Crippen molar-refractivity contribution in [1.29, 1.82) is 0 Å². The van der Waals surface area contributed by atoms with Gasteiger partial charge in [0.25, 0.3) is 0 Å². The van der Waals surface area contributed by atoms with Gasteiger partial charge in [-0.25, -0.2) is 0 Å². The number of amides is 1. The fraction of sp³-hybridized carbons (Fsp3) is 0.429. The van der Waals surface area contributed by atoms with E-state index in [0.29, 0.717) is 0 Å². The van der Waals surface area contributed by atoms with Crippen molar-refractivity contribution >= 4 is 11.7 Å². The summed E-state index contributed by atoms with van der Waals surface area (Å²) in [5.74, 6) is 1.15. The maximum atomic E-state index is 11.1. The second-order valence-electron chi connectivity index (χ2n) is 2.79.